The first-order chi connectivity index (χ1) is 20.8. The number of likely N-dealkylation sites (tertiary alicyclic amines) is 3. The molecule has 3 aliphatic rings. The number of rotatable bonds is 8. The summed E-state index contributed by atoms with van der Waals surface area (Å²) < 4.78 is 69.6. The highest BCUT2D eigenvalue weighted by molar-refractivity contribution is 8.00. The van der Waals surface area contributed by atoms with E-state index in [2.05, 4.69) is 10.2 Å². The SMILES string of the molecule is CSC(C(=O)N1CCC(N2CC(Nc3ccc(C(=O)N4CCC(F)(F)C4)c(Cl)c3)C2)CC1)C(c1cccc(Cl)c1)C(F)(F)F. The van der Waals surface area contributed by atoms with Crippen molar-refractivity contribution in [3.63, 3.8) is 0 Å². The fourth-order valence-electron chi connectivity index (χ4n) is 6.24. The lowest BCUT2D eigenvalue weighted by Gasteiger charge is -2.48. The molecule has 6 nitrogen and oxygen atoms in total. The predicted molar refractivity (Wildman–Crippen MR) is 163 cm³/mol. The molecule has 0 bridgehead atoms. The lowest BCUT2D eigenvalue weighted by molar-refractivity contribution is -0.159. The highest BCUT2D eigenvalue weighted by Gasteiger charge is 2.49. The molecule has 0 saturated carbocycles. The number of nitrogens with zero attached hydrogens (tertiary/aromatic N) is 3. The lowest BCUT2D eigenvalue weighted by atomic mass is 9.92. The van der Waals surface area contributed by atoms with Crippen molar-refractivity contribution in [2.75, 3.05) is 50.8 Å². The highest BCUT2D eigenvalue weighted by atomic mass is 35.5. The van der Waals surface area contributed by atoms with E-state index in [1.165, 1.54) is 30.5 Å². The number of benzene rings is 2. The normalized spacial score (nSPS) is 21.2. The van der Waals surface area contributed by atoms with Crippen LogP contribution < -0.4 is 5.32 Å². The topological polar surface area (TPSA) is 55.9 Å². The van der Waals surface area contributed by atoms with E-state index in [-0.39, 0.29) is 46.2 Å². The Morgan fingerprint density at radius 1 is 1.02 bits per heavy atom. The third kappa shape index (κ3) is 7.40. The van der Waals surface area contributed by atoms with Crippen molar-refractivity contribution >= 4 is 52.5 Å². The molecule has 1 N–H and O–H groups in total. The second-order valence-corrected chi connectivity index (χ2v) is 13.4. The molecule has 3 aliphatic heterocycles. The Balaban J connectivity index is 1.11. The van der Waals surface area contributed by atoms with Crippen LogP contribution in [0.2, 0.25) is 10.0 Å². The number of thioether (sulfide) groups is 1. The van der Waals surface area contributed by atoms with Crippen LogP contribution in [-0.2, 0) is 4.79 Å². The molecule has 0 aliphatic carbocycles. The third-order valence-electron chi connectivity index (χ3n) is 8.59. The number of alkyl halides is 5. The summed E-state index contributed by atoms with van der Waals surface area (Å²) in [4.78, 5) is 31.0. The van der Waals surface area contributed by atoms with E-state index in [1.807, 2.05) is 0 Å². The molecule has 5 rings (SSSR count). The monoisotopic (exact) mass is 678 g/mol. The van der Waals surface area contributed by atoms with Gasteiger partial charge in [-0.25, -0.2) is 8.78 Å². The summed E-state index contributed by atoms with van der Waals surface area (Å²) in [5, 5.41) is 2.45. The van der Waals surface area contributed by atoms with Gasteiger partial charge in [0.1, 0.15) is 5.92 Å². The van der Waals surface area contributed by atoms with Gasteiger partial charge < -0.3 is 15.1 Å². The van der Waals surface area contributed by atoms with Gasteiger partial charge in [0.2, 0.25) is 5.91 Å². The molecule has 3 heterocycles. The number of halogens is 7. The van der Waals surface area contributed by atoms with Gasteiger partial charge in [-0.05, 0) is 55.0 Å². The van der Waals surface area contributed by atoms with Gasteiger partial charge in [-0.15, -0.1) is 0 Å². The van der Waals surface area contributed by atoms with Crippen LogP contribution in [0, 0.1) is 0 Å². The minimum absolute atomic E-state index is 0.0115. The van der Waals surface area contributed by atoms with Crippen LogP contribution in [0.25, 0.3) is 0 Å². The first-order valence-corrected chi connectivity index (χ1v) is 16.4. The first-order valence-electron chi connectivity index (χ1n) is 14.4. The summed E-state index contributed by atoms with van der Waals surface area (Å²) in [6.07, 6.45) is -2.13. The van der Waals surface area contributed by atoms with Crippen molar-refractivity contribution in [3.8, 4) is 0 Å². The highest BCUT2D eigenvalue weighted by Crippen LogP contribution is 2.43. The molecule has 2 amide bonds. The number of carbonyl (C=O) groups is 2. The quantitative estimate of drug-likeness (QED) is 0.318. The average molecular weight is 680 g/mol. The summed E-state index contributed by atoms with van der Waals surface area (Å²) in [6.45, 7) is 1.60. The summed E-state index contributed by atoms with van der Waals surface area (Å²) in [5.41, 5.74) is 0.875. The molecule has 0 spiro atoms. The molecule has 0 radical (unpaired) electrons. The molecular weight excluding hydrogens is 646 g/mol. The Morgan fingerprint density at radius 2 is 1.73 bits per heavy atom. The van der Waals surface area contributed by atoms with Crippen molar-refractivity contribution in [2.24, 2.45) is 0 Å². The number of hydrogen-bond donors (Lipinski definition) is 1. The van der Waals surface area contributed by atoms with Crippen LogP contribution >= 0.6 is 35.0 Å². The minimum Gasteiger partial charge on any atom is -0.380 e. The second kappa shape index (κ2) is 13.2. The predicted octanol–water partition coefficient (Wildman–Crippen LogP) is 6.64. The number of amides is 2. The second-order valence-electron chi connectivity index (χ2n) is 11.6. The van der Waals surface area contributed by atoms with Crippen LogP contribution in [0.5, 0.6) is 0 Å². The molecule has 44 heavy (non-hydrogen) atoms. The average Bonchev–Trinajstić information content (AvgIpc) is 3.31. The fraction of sp³-hybridized carbons (Fsp3) is 0.533. The van der Waals surface area contributed by atoms with Crippen molar-refractivity contribution in [2.45, 2.75) is 54.6 Å². The zero-order valence-electron chi connectivity index (χ0n) is 23.9. The maximum absolute atomic E-state index is 14.2. The van der Waals surface area contributed by atoms with Gasteiger partial charge in [-0.1, -0.05) is 35.3 Å². The van der Waals surface area contributed by atoms with Crippen molar-refractivity contribution in [3.05, 3.63) is 63.6 Å². The van der Waals surface area contributed by atoms with Gasteiger partial charge >= 0.3 is 6.18 Å². The Bertz CT molecular complexity index is 1370. The summed E-state index contributed by atoms with van der Waals surface area (Å²) in [7, 11) is 0. The lowest BCUT2D eigenvalue weighted by Crippen LogP contribution is -2.61. The van der Waals surface area contributed by atoms with Gasteiger partial charge in [0.15, 0.2) is 0 Å². The van der Waals surface area contributed by atoms with Gasteiger partial charge in [-0.3, -0.25) is 14.5 Å². The number of hydrogen-bond acceptors (Lipinski definition) is 5. The van der Waals surface area contributed by atoms with Crippen LogP contribution in [0.15, 0.2) is 42.5 Å². The number of nitrogens with one attached hydrogen (secondary N) is 1. The largest absolute Gasteiger partial charge is 0.397 e. The molecule has 2 aromatic rings. The van der Waals surface area contributed by atoms with Gasteiger partial charge in [0.05, 0.1) is 28.4 Å². The van der Waals surface area contributed by atoms with Crippen LogP contribution in [0.3, 0.4) is 0 Å². The van der Waals surface area contributed by atoms with Crippen molar-refractivity contribution in [1.29, 1.82) is 0 Å². The fourth-order valence-corrected chi connectivity index (χ4v) is 7.64. The van der Waals surface area contributed by atoms with Crippen molar-refractivity contribution in [1.82, 2.24) is 14.7 Å². The number of anilines is 1. The van der Waals surface area contributed by atoms with Gasteiger partial charge in [0, 0.05) is 55.9 Å². The van der Waals surface area contributed by atoms with Gasteiger partial charge in [0.25, 0.3) is 11.8 Å². The maximum Gasteiger partial charge on any atom is 0.397 e. The molecule has 2 unspecified atom stereocenters. The van der Waals surface area contributed by atoms with E-state index >= 15 is 0 Å². The summed E-state index contributed by atoms with van der Waals surface area (Å²) in [6, 6.07) is 10.8. The van der Waals surface area contributed by atoms with Crippen LogP contribution in [0.4, 0.5) is 27.6 Å². The van der Waals surface area contributed by atoms with E-state index in [1.54, 1.807) is 23.1 Å². The van der Waals surface area contributed by atoms with E-state index in [9.17, 15) is 31.5 Å². The van der Waals surface area contributed by atoms with Gasteiger partial charge in [-0.2, -0.15) is 24.9 Å². The Kier molecular flexibility index (Phi) is 9.94. The number of piperidine rings is 1. The Hall–Kier alpha value is -2.28. The third-order valence-corrected chi connectivity index (χ3v) is 10.1. The Morgan fingerprint density at radius 3 is 2.30 bits per heavy atom. The van der Waals surface area contributed by atoms with Crippen LogP contribution in [0.1, 0.15) is 41.1 Å². The zero-order valence-corrected chi connectivity index (χ0v) is 26.3. The smallest absolute Gasteiger partial charge is 0.380 e. The summed E-state index contributed by atoms with van der Waals surface area (Å²) in [5.74, 6) is -5.87. The molecule has 14 heteroatoms. The molecule has 3 saturated heterocycles. The maximum atomic E-state index is 14.2. The van der Waals surface area contributed by atoms with Crippen molar-refractivity contribution < 1.29 is 31.5 Å². The van der Waals surface area contributed by atoms with E-state index < -0.39 is 41.6 Å². The molecule has 240 valence electrons. The summed E-state index contributed by atoms with van der Waals surface area (Å²) >= 11 is 13.2. The Labute approximate surface area is 267 Å². The van der Waals surface area contributed by atoms with E-state index in [4.69, 9.17) is 23.2 Å². The molecular formula is C30H33Cl2F5N4O2S. The molecule has 2 atom stereocenters. The molecule has 0 aromatic heterocycles. The standard InChI is InChI=1S/C30H33Cl2F5N4O2S/c1-44-26(25(30(35,36)37)18-3-2-4-19(31)13-18)28(43)39-10-7-22(8-11-39)41-15-21(16-41)38-20-5-6-23(24(32)14-20)27(42)40-12-9-29(33,34)17-40/h2-6,13-14,21-22,25-26,38H,7-12,15-17H2,1H3. The minimum atomic E-state index is -4.61. The molecule has 2 aromatic carbocycles. The van der Waals surface area contributed by atoms with E-state index in [0.29, 0.717) is 31.6 Å². The number of carbonyl (C=O) groups excluding carboxylic acids is 2. The van der Waals surface area contributed by atoms with E-state index in [0.717, 1.165) is 29.8 Å². The first kappa shape index (κ1) is 33.1. The van der Waals surface area contributed by atoms with Crippen LogP contribution in [-0.4, -0.2) is 101 Å². The zero-order chi connectivity index (χ0) is 31.8. The molecule has 3 fully saturated rings.